The zero-order chi connectivity index (χ0) is 15.8. The number of nitrogens with one attached hydrogen (secondary N) is 1. The maximum absolute atomic E-state index is 10.2. The lowest BCUT2D eigenvalue weighted by molar-refractivity contribution is 0.341. The molecule has 1 aromatic heterocycles. The number of hydrogen-bond acceptors (Lipinski definition) is 4. The highest BCUT2D eigenvalue weighted by molar-refractivity contribution is 5.93. The first-order valence-corrected chi connectivity index (χ1v) is 7.46. The minimum atomic E-state index is 0.0995. The lowest BCUT2D eigenvalue weighted by atomic mass is 10.1. The topological polar surface area (TPSA) is 70.0 Å². The van der Waals surface area contributed by atoms with Gasteiger partial charge in [0.15, 0.2) is 11.7 Å². The number of rotatable bonds is 3. The average molecular weight is 305 g/mol. The lowest BCUT2D eigenvalue weighted by Crippen LogP contribution is -2.19. The van der Waals surface area contributed by atoms with E-state index < -0.39 is 0 Å². The molecular weight excluding hydrogens is 290 g/mol. The fourth-order valence-corrected chi connectivity index (χ4v) is 2.70. The first kappa shape index (κ1) is 13.6. The molecule has 2 heterocycles. The Bertz CT molecular complexity index is 1010. The number of aromatic nitrogens is 1. The molecule has 114 valence electrons. The van der Waals surface area contributed by atoms with Gasteiger partial charge in [0.2, 0.25) is 0 Å². The van der Waals surface area contributed by atoms with Crippen LogP contribution in [0, 0.1) is 0 Å². The minimum absolute atomic E-state index is 0.0995. The summed E-state index contributed by atoms with van der Waals surface area (Å²) in [5.74, 6) is 1.44. The van der Waals surface area contributed by atoms with Crippen LogP contribution in [0.2, 0.25) is 0 Å². The van der Waals surface area contributed by atoms with Crippen LogP contribution in [0.3, 0.4) is 0 Å². The molecule has 0 atom stereocenters. The number of aromatic amines is 1. The highest BCUT2D eigenvalue weighted by Crippen LogP contribution is 2.32. The second kappa shape index (κ2) is 5.28. The third kappa shape index (κ3) is 2.36. The molecule has 5 heteroatoms. The molecule has 0 aliphatic carbocycles. The summed E-state index contributed by atoms with van der Waals surface area (Å²) in [6, 6.07) is 13.4. The van der Waals surface area contributed by atoms with Gasteiger partial charge in [-0.25, -0.2) is 9.98 Å². The second-order valence-corrected chi connectivity index (χ2v) is 5.24. The van der Waals surface area contributed by atoms with E-state index >= 15 is 0 Å². The van der Waals surface area contributed by atoms with Gasteiger partial charge >= 0.3 is 0 Å². The van der Waals surface area contributed by atoms with Crippen molar-refractivity contribution in [1.29, 1.82) is 0 Å². The highest BCUT2D eigenvalue weighted by atomic mass is 16.5. The second-order valence-electron chi connectivity index (χ2n) is 5.24. The van der Waals surface area contributed by atoms with Gasteiger partial charge in [0.25, 0.3) is 0 Å². The van der Waals surface area contributed by atoms with Gasteiger partial charge < -0.3 is 14.8 Å². The van der Waals surface area contributed by atoms with E-state index in [1.807, 2.05) is 49.4 Å². The van der Waals surface area contributed by atoms with Crippen molar-refractivity contribution < 1.29 is 9.84 Å². The number of hydrogen-bond donors (Lipinski definition) is 2. The van der Waals surface area contributed by atoms with Gasteiger partial charge in [-0.3, -0.25) is 0 Å². The van der Waals surface area contributed by atoms with Crippen molar-refractivity contribution in [2.75, 3.05) is 6.61 Å². The molecule has 3 aromatic rings. The smallest absolute Gasteiger partial charge is 0.197 e. The first-order valence-electron chi connectivity index (χ1n) is 7.46. The molecule has 0 unspecified atom stereocenters. The van der Waals surface area contributed by atoms with Crippen LogP contribution in [-0.2, 0) is 0 Å². The van der Waals surface area contributed by atoms with E-state index in [1.54, 1.807) is 6.08 Å². The zero-order valence-corrected chi connectivity index (χ0v) is 12.6. The van der Waals surface area contributed by atoms with Crippen LogP contribution in [-0.4, -0.2) is 16.7 Å². The molecule has 23 heavy (non-hydrogen) atoms. The summed E-state index contributed by atoms with van der Waals surface area (Å²) in [6.45, 7) is 2.54. The van der Waals surface area contributed by atoms with Gasteiger partial charge in [0.05, 0.1) is 17.3 Å². The van der Waals surface area contributed by atoms with Crippen molar-refractivity contribution in [3.63, 3.8) is 0 Å². The van der Waals surface area contributed by atoms with Crippen LogP contribution in [0.5, 0.6) is 11.6 Å². The number of ether oxygens (including phenoxy) is 1. The molecule has 0 fully saturated rings. The molecule has 0 amide bonds. The summed E-state index contributed by atoms with van der Waals surface area (Å²) in [6.07, 6.45) is 1.78. The predicted octanol–water partition coefficient (Wildman–Crippen LogP) is 2.52. The van der Waals surface area contributed by atoms with Crippen LogP contribution in [0.25, 0.3) is 17.0 Å². The van der Waals surface area contributed by atoms with Crippen LogP contribution >= 0.6 is 0 Å². The van der Waals surface area contributed by atoms with Gasteiger partial charge in [0, 0.05) is 16.5 Å². The van der Waals surface area contributed by atoms with Crippen molar-refractivity contribution in [2.45, 2.75) is 6.92 Å². The molecule has 1 aliphatic rings. The molecule has 0 saturated heterocycles. The van der Waals surface area contributed by atoms with Crippen LogP contribution in [0.15, 0.2) is 58.3 Å². The Balaban J connectivity index is 1.86. The van der Waals surface area contributed by atoms with E-state index in [4.69, 9.17) is 4.74 Å². The van der Waals surface area contributed by atoms with Crippen molar-refractivity contribution in [1.82, 2.24) is 4.98 Å². The van der Waals surface area contributed by atoms with E-state index in [2.05, 4.69) is 15.0 Å². The van der Waals surface area contributed by atoms with Gasteiger partial charge in [-0.15, -0.1) is 0 Å². The molecule has 0 radical (unpaired) electrons. The summed E-state index contributed by atoms with van der Waals surface area (Å²) in [7, 11) is 0. The summed E-state index contributed by atoms with van der Waals surface area (Å²) in [5, 5.41) is 12.8. The Morgan fingerprint density at radius 2 is 1.87 bits per heavy atom. The maximum atomic E-state index is 10.2. The molecular formula is C18H15N3O2. The minimum Gasteiger partial charge on any atom is -0.494 e. The lowest BCUT2D eigenvalue weighted by Gasteiger charge is -2.02. The Morgan fingerprint density at radius 3 is 2.57 bits per heavy atom. The summed E-state index contributed by atoms with van der Waals surface area (Å²) >= 11 is 0. The molecule has 2 aromatic carbocycles. The SMILES string of the molecule is CCOc1ccc2[nH]c(O)c(C=C3N=c4ccccc4=N3)c2c1. The van der Waals surface area contributed by atoms with Crippen molar-refractivity contribution in [3.8, 4) is 11.6 Å². The van der Waals surface area contributed by atoms with Crippen LogP contribution < -0.4 is 15.5 Å². The molecule has 0 spiro atoms. The van der Waals surface area contributed by atoms with Gasteiger partial charge in [-0.05, 0) is 43.3 Å². The van der Waals surface area contributed by atoms with Gasteiger partial charge in [-0.2, -0.15) is 0 Å². The van der Waals surface area contributed by atoms with Gasteiger partial charge in [-0.1, -0.05) is 12.1 Å². The number of H-pyrrole nitrogens is 1. The van der Waals surface area contributed by atoms with Crippen molar-refractivity contribution in [2.24, 2.45) is 9.98 Å². The summed E-state index contributed by atoms with van der Waals surface area (Å²) in [4.78, 5) is 11.9. The summed E-state index contributed by atoms with van der Waals surface area (Å²) in [5.41, 5.74) is 1.50. The number of aromatic hydroxyl groups is 1. The quantitative estimate of drug-likeness (QED) is 0.780. The van der Waals surface area contributed by atoms with E-state index in [0.717, 1.165) is 27.4 Å². The molecule has 5 nitrogen and oxygen atoms in total. The monoisotopic (exact) mass is 305 g/mol. The van der Waals surface area contributed by atoms with E-state index in [0.29, 0.717) is 18.0 Å². The number of nitrogens with zero attached hydrogens (tertiary/aromatic N) is 2. The normalized spacial score (nSPS) is 12.7. The third-order valence-corrected chi connectivity index (χ3v) is 3.73. The predicted molar refractivity (Wildman–Crippen MR) is 87.9 cm³/mol. The van der Waals surface area contributed by atoms with Gasteiger partial charge in [0.1, 0.15) is 5.75 Å². The fourth-order valence-electron chi connectivity index (χ4n) is 2.70. The van der Waals surface area contributed by atoms with E-state index in [9.17, 15) is 5.11 Å². The van der Waals surface area contributed by atoms with E-state index in [1.165, 1.54) is 0 Å². The van der Waals surface area contributed by atoms with Crippen molar-refractivity contribution >= 4 is 17.0 Å². The molecule has 1 aliphatic heterocycles. The third-order valence-electron chi connectivity index (χ3n) is 3.73. The Hall–Kier alpha value is -3.08. The van der Waals surface area contributed by atoms with Crippen molar-refractivity contribution in [3.05, 3.63) is 64.6 Å². The average Bonchev–Trinajstić information content (AvgIpc) is 3.09. The maximum Gasteiger partial charge on any atom is 0.197 e. The number of para-hydroxylation sites is 2. The Labute approximate surface area is 132 Å². The van der Waals surface area contributed by atoms with Crippen LogP contribution in [0.4, 0.5) is 0 Å². The number of benzene rings is 2. The largest absolute Gasteiger partial charge is 0.494 e. The molecule has 4 rings (SSSR count). The highest BCUT2D eigenvalue weighted by Gasteiger charge is 2.12. The Kier molecular flexibility index (Phi) is 3.12. The zero-order valence-electron chi connectivity index (χ0n) is 12.6. The first-order chi connectivity index (χ1) is 11.2. The Morgan fingerprint density at radius 1 is 1.13 bits per heavy atom. The number of fused-ring (bicyclic) bond motifs is 2. The van der Waals surface area contributed by atoms with E-state index in [-0.39, 0.29) is 5.88 Å². The van der Waals surface area contributed by atoms with Crippen LogP contribution in [0.1, 0.15) is 12.5 Å². The standard InChI is InChI=1S/C18H15N3O2/c1-2-23-11-7-8-14-12(9-11)13(18(22)21-14)10-17-19-15-5-3-4-6-16(15)20-17/h3-10,21-22H,2H2,1H3. The molecule has 0 saturated carbocycles. The fraction of sp³-hybridized carbons (Fsp3) is 0.111. The molecule has 2 N–H and O–H groups in total. The summed E-state index contributed by atoms with van der Waals surface area (Å²) < 4.78 is 5.54. The molecule has 0 bridgehead atoms.